The first-order chi connectivity index (χ1) is 15.5. The molecule has 0 N–H and O–H groups in total. The minimum atomic E-state index is -2.28. The van der Waals surface area contributed by atoms with Gasteiger partial charge in [0.1, 0.15) is 0 Å². The Morgan fingerprint density at radius 3 is 1.72 bits per heavy atom. The van der Waals surface area contributed by atoms with Crippen LogP contribution in [0.25, 0.3) is 0 Å². The van der Waals surface area contributed by atoms with Gasteiger partial charge < -0.3 is 0 Å². The van der Waals surface area contributed by atoms with Crippen LogP contribution in [0, 0.1) is 0 Å². The molecule has 1 rings (SSSR count). The predicted molar refractivity (Wildman–Crippen MR) is 151 cm³/mol. The molecule has 0 spiro atoms. The minimum absolute atomic E-state index is 0.308. The summed E-state index contributed by atoms with van der Waals surface area (Å²) >= 11 is -2.28. The summed E-state index contributed by atoms with van der Waals surface area (Å²) < 4.78 is 14.6. The average molecular weight is 566 g/mol. The molecule has 0 saturated heterocycles. The molecule has 0 radical (unpaired) electrons. The van der Waals surface area contributed by atoms with Crippen molar-refractivity contribution >= 4 is 26.7 Å². The second kappa shape index (κ2) is 17.4. The molecule has 184 valence electrons. The summed E-state index contributed by atoms with van der Waals surface area (Å²) in [6.07, 6.45) is 13.5. The van der Waals surface area contributed by atoms with Crippen molar-refractivity contribution in [1.82, 2.24) is 0 Å². The van der Waals surface area contributed by atoms with Crippen molar-refractivity contribution in [3.05, 3.63) is 46.1 Å². The first-order valence-electron chi connectivity index (χ1n) is 13.9. The van der Waals surface area contributed by atoms with Gasteiger partial charge in [0, 0.05) is 0 Å². The van der Waals surface area contributed by atoms with Crippen LogP contribution in [-0.4, -0.2) is 32.8 Å². The Kier molecular flexibility index (Phi) is 16.3. The molecule has 0 unspecified atom stereocenters. The van der Waals surface area contributed by atoms with Crippen LogP contribution in [-0.2, 0) is 10.8 Å². The van der Waals surface area contributed by atoms with E-state index in [1.807, 2.05) is 0 Å². The van der Waals surface area contributed by atoms with E-state index in [-0.39, 0.29) is 0 Å². The molecular formula is C29H54OSiSn. The number of unbranched alkanes of at least 4 members (excludes halogenated alkanes) is 3. The van der Waals surface area contributed by atoms with Gasteiger partial charge in [-0.2, -0.15) is 0 Å². The summed E-state index contributed by atoms with van der Waals surface area (Å²) in [7, 11) is -1.62. The predicted octanol–water partition coefficient (Wildman–Crippen LogP) is 9.95. The second-order valence-electron chi connectivity index (χ2n) is 9.96. The normalized spacial score (nSPS) is 13.7. The van der Waals surface area contributed by atoms with Gasteiger partial charge in [0.15, 0.2) is 0 Å². The van der Waals surface area contributed by atoms with Gasteiger partial charge in [-0.05, 0) is 0 Å². The van der Waals surface area contributed by atoms with Crippen molar-refractivity contribution in [2.45, 2.75) is 130 Å². The van der Waals surface area contributed by atoms with Gasteiger partial charge in [-0.1, -0.05) is 0 Å². The van der Waals surface area contributed by atoms with Gasteiger partial charge >= 0.3 is 208 Å². The van der Waals surface area contributed by atoms with Crippen LogP contribution < -0.4 is 0 Å². The molecule has 1 atom stereocenters. The Labute approximate surface area is 206 Å². The zero-order valence-electron chi connectivity index (χ0n) is 22.4. The molecule has 0 aromatic heterocycles. The zero-order chi connectivity index (χ0) is 23.7. The molecule has 0 heterocycles. The van der Waals surface area contributed by atoms with Crippen LogP contribution in [0.1, 0.15) is 92.1 Å². The molecule has 32 heavy (non-hydrogen) atoms. The van der Waals surface area contributed by atoms with E-state index in [9.17, 15) is 0 Å². The summed E-state index contributed by atoms with van der Waals surface area (Å²) in [5.41, 5.74) is 1.45. The van der Waals surface area contributed by atoms with Gasteiger partial charge in [-0.25, -0.2) is 0 Å². The molecule has 0 bridgehead atoms. The quantitative estimate of drug-likeness (QED) is 0.152. The van der Waals surface area contributed by atoms with Crippen molar-refractivity contribution in [3.63, 3.8) is 0 Å². The fraction of sp³-hybridized carbons (Fsp3) is 0.724. The molecule has 1 aromatic carbocycles. The third-order valence-corrected chi connectivity index (χ3v) is 26.4. The van der Waals surface area contributed by atoms with Crippen molar-refractivity contribution in [1.29, 1.82) is 0 Å². The van der Waals surface area contributed by atoms with E-state index < -0.39 is 26.7 Å². The van der Waals surface area contributed by atoms with Gasteiger partial charge in [-0.3, -0.25) is 0 Å². The van der Waals surface area contributed by atoms with Crippen LogP contribution in [0.3, 0.4) is 0 Å². The number of aryl methyl sites for hydroxylation is 1. The van der Waals surface area contributed by atoms with Crippen LogP contribution in [0.15, 0.2) is 40.5 Å². The van der Waals surface area contributed by atoms with Gasteiger partial charge in [0.2, 0.25) is 0 Å². The van der Waals surface area contributed by atoms with Crippen LogP contribution in [0.4, 0.5) is 0 Å². The molecular weight excluding hydrogens is 511 g/mol. The summed E-state index contributed by atoms with van der Waals surface area (Å²) in [5, 5.41) is 0. The van der Waals surface area contributed by atoms with Gasteiger partial charge in [0.05, 0.1) is 0 Å². The fourth-order valence-corrected chi connectivity index (χ4v) is 22.2. The molecule has 1 aromatic rings. The molecule has 0 fully saturated rings. The number of hydrogen-bond acceptors (Lipinski definition) is 1. The number of hydrogen-bond donors (Lipinski definition) is 0. The van der Waals surface area contributed by atoms with Crippen LogP contribution in [0.5, 0.6) is 0 Å². The molecule has 0 aliphatic carbocycles. The van der Waals surface area contributed by atoms with E-state index in [2.05, 4.69) is 82.0 Å². The van der Waals surface area contributed by atoms with Crippen molar-refractivity contribution in [3.8, 4) is 0 Å². The zero-order valence-corrected chi connectivity index (χ0v) is 26.3. The maximum atomic E-state index is 7.10. The summed E-state index contributed by atoms with van der Waals surface area (Å²) in [6.45, 7) is 14.2. The van der Waals surface area contributed by atoms with E-state index in [1.54, 1.807) is 13.3 Å². The van der Waals surface area contributed by atoms with Crippen molar-refractivity contribution in [2.75, 3.05) is 0 Å². The first kappa shape index (κ1) is 30.0. The fourth-order valence-electron chi connectivity index (χ4n) is 4.99. The molecule has 1 nitrogen and oxygen atoms in total. The van der Waals surface area contributed by atoms with Crippen molar-refractivity contribution in [2.24, 2.45) is 0 Å². The number of benzene rings is 1. The SMILES string of the molecule is CCC[CH2][Sn](/[CH]=C/[C@@H](CCc1ccccc1)O[Si](CC)(CC)CC)([CH2]CCC)[CH2]CCC. The van der Waals surface area contributed by atoms with E-state index in [1.165, 1.54) is 62.2 Å². The Hall–Kier alpha value is -0.0644. The summed E-state index contributed by atoms with van der Waals surface area (Å²) in [4.78, 5) is 0. The Bertz CT molecular complexity index is 566. The topological polar surface area (TPSA) is 9.23 Å². The van der Waals surface area contributed by atoms with E-state index in [0.29, 0.717) is 6.10 Å². The van der Waals surface area contributed by atoms with Gasteiger partial charge in [-0.15, -0.1) is 0 Å². The molecule has 3 heteroatoms. The third-order valence-electron chi connectivity index (χ3n) is 7.64. The van der Waals surface area contributed by atoms with Crippen molar-refractivity contribution < 1.29 is 4.43 Å². The monoisotopic (exact) mass is 566 g/mol. The maximum absolute atomic E-state index is 7.10. The molecule has 0 aliphatic rings. The summed E-state index contributed by atoms with van der Waals surface area (Å²) in [6, 6.07) is 14.7. The third kappa shape index (κ3) is 10.9. The second-order valence-corrected chi connectivity index (χ2v) is 27.7. The summed E-state index contributed by atoms with van der Waals surface area (Å²) in [5.74, 6) is 0. The molecule has 0 amide bonds. The Morgan fingerprint density at radius 2 is 1.28 bits per heavy atom. The van der Waals surface area contributed by atoms with Crippen LogP contribution >= 0.6 is 0 Å². The van der Waals surface area contributed by atoms with E-state index in [0.717, 1.165) is 12.8 Å². The molecule has 0 saturated carbocycles. The van der Waals surface area contributed by atoms with E-state index in [4.69, 9.17) is 4.43 Å². The first-order valence-corrected chi connectivity index (χ1v) is 24.2. The van der Waals surface area contributed by atoms with E-state index >= 15 is 0 Å². The average Bonchev–Trinajstić information content (AvgIpc) is 2.85. The van der Waals surface area contributed by atoms with Gasteiger partial charge in [0.25, 0.3) is 0 Å². The molecule has 0 aliphatic heterocycles. The van der Waals surface area contributed by atoms with Crippen LogP contribution in [0.2, 0.25) is 31.4 Å². The standard InChI is InChI=1S/C17H27OSi.3C4H9.Sn/c1-5-17(18-19(6-2,7-3)8-4)15-14-16-12-10-9-11-13-16;3*1-3-4-2;/h1,5,9-13,17H,6-8,14-15H2,2-4H3;3*1,3-4H2,2H3;/t17-;;;;/m0..../s1. The Balaban J connectivity index is 3.14. The Morgan fingerprint density at radius 1 is 0.781 bits per heavy atom. The number of rotatable bonds is 19.